The number of carbonyl (C=O) groups excluding carboxylic acids is 1. The van der Waals surface area contributed by atoms with Gasteiger partial charge in [0.15, 0.2) is 11.6 Å². The van der Waals surface area contributed by atoms with Gasteiger partial charge in [0.2, 0.25) is 0 Å². The van der Waals surface area contributed by atoms with E-state index in [9.17, 15) is 9.18 Å². The summed E-state index contributed by atoms with van der Waals surface area (Å²) in [6, 6.07) is 13.7. The third-order valence-corrected chi connectivity index (χ3v) is 2.86. The van der Waals surface area contributed by atoms with Gasteiger partial charge in [0.1, 0.15) is 0 Å². The van der Waals surface area contributed by atoms with E-state index >= 15 is 0 Å². The molecule has 0 aliphatic heterocycles. The molecule has 1 amide bonds. The minimum absolute atomic E-state index is 0.171. The van der Waals surface area contributed by atoms with E-state index in [1.807, 2.05) is 18.2 Å². The molecule has 0 aromatic heterocycles. The molecule has 2 aromatic rings. The van der Waals surface area contributed by atoms with Crippen molar-refractivity contribution in [3.8, 4) is 5.75 Å². The average molecular weight is 289 g/mol. The van der Waals surface area contributed by atoms with Gasteiger partial charge in [-0.3, -0.25) is 5.32 Å². The molecule has 0 aliphatic rings. The van der Waals surface area contributed by atoms with Gasteiger partial charge in [-0.1, -0.05) is 24.3 Å². The number of carbonyl (C=O) groups is 1. The fourth-order valence-corrected chi connectivity index (χ4v) is 1.80. The highest BCUT2D eigenvalue weighted by molar-refractivity contribution is 5.84. The number of ether oxygens (including phenoxy) is 2. The van der Waals surface area contributed by atoms with Crippen LogP contribution in [0.4, 0.5) is 14.9 Å². The lowest BCUT2D eigenvalue weighted by Gasteiger charge is -2.08. The second-order valence-corrected chi connectivity index (χ2v) is 4.35. The number of benzene rings is 2. The van der Waals surface area contributed by atoms with Gasteiger partial charge in [0, 0.05) is 12.1 Å². The molecule has 2 aromatic carbocycles. The molecule has 0 radical (unpaired) electrons. The van der Waals surface area contributed by atoms with Crippen molar-refractivity contribution < 1.29 is 18.7 Å². The van der Waals surface area contributed by atoms with Crippen molar-refractivity contribution in [3.05, 3.63) is 59.9 Å². The molecule has 0 atom stereocenters. The highest BCUT2D eigenvalue weighted by Gasteiger charge is 2.05. The van der Waals surface area contributed by atoms with Crippen molar-refractivity contribution in [2.24, 2.45) is 0 Å². The second-order valence-electron chi connectivity index (χ2n) is 4.35. The molecule has 0 spiro atoms. The second kappa shape index (κ2) is 7.28. The Balaban J connectivity index is 1.79. The zero-order valence-corrected chi connectivity index (χ0v) is 11.6. The van der Waals surface area contributed by atoms with Gasteiger partial charge < -0.3 is 9.47 Å². The lowest BCUT2D eigenvalue weighted by molar-refractivity contribution is 0.163. The Morgan fingerprint density at radius 1 is 1.19 bits per heavy atom. The van der Waals surface area contributed by atoms with E-state index in [-0.39, 0.29) is 12.4 Å². The van der Waals surface area contributed by atoms with Crippen LogP contribution >= 0.6 is 0 Å². The summed E-state index contributed by atoms with van der Waals surface area (Å²) in [6.45, 7) is 0.171. The monoisotopic (exact) mass is 289 g/mol. The van der Waals surface area contributed by atoms with Crippen molar-refractivity contribution >= 4 is 11.8 Å². The minimum Gasteiger partial charge on any atom is -0.494 e. The Hall–Kier alpha value is -2.56. The first-order valence-electron chi connectivity index (χ1n) is 6.50. The van der Waals surface area contributed by atoms with Crippen LogP contribution in [-0.2, 0) is 11.2 Å². The molecule has 21 heavy (non-hydrogen) atoms. The molecular formula is C16H16FNO3. The number of para-hydroxylation sites is 1. The highest BCUT2D eigenvalue weighted by Crippen LogP contribution is 2.18. The van der Waals surface area contributed by atoms with Crippen molar-refractivity contribution in [2.45, 2.75) is 6.42 Å². The van der Waals surface area contributed by atoms with Crippen LogP contribution in [-0.4, -0.2) is 19.8 Å². The molecule has 0 saturated carbocycles. The SMILES string of the molecule is COc1ccc(CCOC(=O)Nc2ccccc2)cc1F. The van der Waals surface area contributed by atoms with Gasteiger partial charge in [-0.25, -0.2) is 9.18 Å². The molecule has 0 aliphatic carbocycles. The zero-order chi connectivity index (χ0) is 15.1. The van der Waals surface area contributed by atoms with Crippen LogP contribution in [0.5, 0.6) is 5.75 Å². The topological polar surface area (TPSA) is 47.6 Å². The van der Waals surface area contributed by atoms with Gasteiger partial charge in [-0.05, 0) is 29.8 Å². The van der Waals surface area contributed by atoms with E-state index in [0.29, 0.717) is 12.1 Å². The fourth-order valence-electron chi connectivity index (χ4n) is 1.80. The maximum absolute atomic E-state index is 13.5. The number of nitrogens with one attached hydrogen (secondary N) is 1. The Bertz CT molecular complexity index is 602. The molecule has 110 valence electrons. The van der Waals surface area contributed by atoms with Crippen LogP contribution in [0, 0.1) is 5.82 Å². The summed E-state index contributed by atoms with van der Waals surface area (Å²) in [5.74, 6) is -0.231. The predicted molar refractivity (Wildman–Crippen MR) is 78.1 cm³/mol. The van der Waals surface area contributed by atoms with Crippen molar-refractivity contribution in [3.63, 3.8) is 0 Å². The molecule has 0 heterocycles. The third kappa shape index (κ3) is 4.49. The molecular weight excluding hydrogens is 273 g/mol. The van der Waals surface area contributed by atoms with E-state index in [4.69, 9.17) is 9.47 Å². The number of halogens is 1. The number of anilines is 1. The molecule has 0 bridgehead atoms. The van der Waals surface area contributed by atoms with Crippen molar-refractivity contribution in [2.75, 3.05) is 19.0 Å². The summed E-state index contributed by atoms with van der Waals surface area (Å²) in [6.07, 6.45) is -0.0986. The average Bonchev–Trinajstić information content (AvgIpc) is 2.48. The Labute approximate surface area is 122 Å². The number of methoxy groups -OCH3 is 1. The summed E-state index contributed by atoms with van der Waals surface area (Å²) in [4.78, 5) is 11.5. The first-order chi connectivity index (χ1) is 10.2. The maximum atomic E-state index is 13.5. The van der Waals surface area contributed by atoms with Crippen molar-refractivity contribution in [1.82, 2.24) is 0 Å². The lowest BCUT2D eigenvalue weighted by atomic mass is 10.1. The molecule has 5 heteroatoms. The zero-order valence-electron chi connectivity index (χ0n) is 11.6. The van der Waals surface area contributed by atoms with Gasteiger partial charge in [0.25, 0.3) is 0 Å². The van der Waals surface area contributed by atoms with E-state index in [1.165, 1.54) is 13.2 Å². The number of hydrogen-bond acceptors (Lipinski definition) is 3. The first kappa shape index (κ1) is 14.8. The standard InChI is InChI=1S/C16H16FNO3/c1-20-15-8-7-12(11-14(15)17)9-10-21-16(19)18-13-5-3-2-4-6-13/h2-8,11H,9-10H2,1H3,(H,18,19). The van der Waals surface area contributed by atoms with E-state index in [1.54, 1.807) is 24.3 Å². The molecule has 0 unspecified atom stereocenters. The molecule has 0 fully saturated rings. The van der Waals surface area contributed by atoms with Crippen LogP contribution in [0.25, 0.3) is 0 Å². The summed E-state index contributed by atoms with van der Waals surface area (Å²) in [5, 5.41) is 2.60. The van der Waals surface area contributed by atoms with E-state index in [2.05, 4.69) is 5.32 Å². The molecule has 4 nitrogen and oxygen atoms in total. The van der Waals surface area contributed by atoms with Gasteiger partial charge in [-0.2, -0.15) is 0 Å². The van der Waals surface area contributed by atoms with Gasteiger partial charge in [-0.15, -0.1) is 0 Å². The fraction of sp³-hybridized carbons (Fsp3) is 0.188. The smallest absolute Gasteiger partial charge is 0.411 e. The summed E-state index contributed by atoms with van der Waals surface area (Å²) in [5.41, 5.74) is 1.40. The Morgan fingerprint density at radius 2 is 1.95 bits per heavy atom. The largest absolute Gasteiger partial charge is 0.494 e. The molecule has 1 N–H and O–H groups in total. The Kier molecular flexibility index (Phi) is 5.15. The van der Waals surface area contributed by atoms with Crippen LogP contribution < -0.4 is 10.1 Å². The van der Waals surface area contributed by atoms with Crippen LogP contribution in [0.1, 0.15) is 5.56 Å². The summed E-state index contributed by atoms with van der Waals surface area (Å²) in [7, 11) is 1.41. The third-order valence-electron chi connectivity index (χ3n) is 2.86. The number of amides is 1. The molecule has 0 saturated heterocycles. The maximum Gasteiger partial charge on any atom is 0.411 e. The number of hydrogen-bond donors (Lipinski definition) is 1. The van der Waals surface area contributed by atoms with Gasteiger partial charge in [0.05, 0.1) is 13.7 Å². The van der Waals surface area contributed by atoms with Crippen LogP contribution in [0.15, 0.2) is 48.5 Å². The first-order valence-corrected chi connectivity index (χ1v) is 6.50. The van der Waals surface area contributed by atoms with Crippen LogP contribution in [0.2, 0.25) is 0 Å². The van der Waals surface area contributed by atoms with E-state index < -0.39 is 11.9 Å². The molecule has 2 rings (SSSR count). The Morgan fingerprint density at radius 3 is 2.62 bits per heavy atom. The minimum atomic E-state index is -0.532. The van der Waals surface area contributed by atoms with Crippen LogP contribution in [0.3, 0.4) is 0 Å². The summed E-state index contributed by atoms with van der Waals surface area (Å²) < 4.78 is 23.4. The van der Waals surface area contributed by atoms with Gasteiger partial charge >= 0.3 is 6.09 Å². The number of rotatable bonds is 5. The quantitative estimate of drug-likeness (QED) is 0.914. The predicted octanol–water partition coefficient (Wildman–Crippen LogP) is 3.63. The highest BCUT2D eigenvalue weighted by atomic mass is 19.1. The lowest BCUT2D eigenvalue weighted by Crippen LogP contribution is -2.15. The van der Waals surface area contributed by atoms with Crippen molar-refractivity contribution in [1.29, 1.82) is 0 Å². The normalized spacial score (nSPS) is 10.0. The van der Waals surface area contributed by atoms with E-state index in [0.717, 1.165) is 5.56 Å². The summed E-state index contributed by atoms with van der Waals surface area (Å²) >= 11 is 0.